The van der Waals surface area contributed by atoms with Crippen molar-refractivity contribution < 1.29 is 18.7 Å². The molecule has 0 saturated heterocycles. The van der Waals surface area contributed by atoms with Gasteiger partial charge in [0, 0.05) is 12.5 Å². The van der Waals surface area contributed by atoms with Crippen molar-refractivity contribution in [1.82, 2.24) is 4.90 Å². The summed E-state index contributed by atoms with van der Waals surface area (Å²) in [5.41, 5.74) is -0.134. The highest BCUT2D eigenvalue weighted by molar-refractivity contribution is 5.79. The lowest BCUT2D eigenvalue weighted by Crippen LogP contribution is -2.46. The quantitative estimate of drug-likeness (QED) is 0.826. The monoisotopic (exact) mass is 263 g/mol. The molecule has 0 heterocycles. The second-order valence-corrected chi connectivity index (χ2v) is 5.69. The number of hydrogen-bond donors (Lipinski definition) is 1. The number of amides is 1. The predicted octanol–water partition coefficient (Wildman–Crippen LogP) is 2.29. The fourth-order valence-electron chi connectivity index (χ4n) is 2.75. The van der Waals surface area contributed by atoms with E-state index in [1.165, 1.54) is 0 Å². The van der Waals surface area contributed by atoms with Gasteiger partial charge in [-0.05, 0) is 18.3 Å². The van der Waals surface area contributed by atoms with Crippen LogP contribution in [0.3, 0.4) is 0 Å². The predicted molar refractivity (Wildman–Crippen MR) is 65.4 cm³/mol. The molecule has 1 aliphatic rings. The third kappa shape index (κ3) is 3.90. The van der Waals surface area contributed by atoms with Gasteiger partial charge in [-0.1, -0.05) is 26.7 Å². The van der Waals surface area contributed by atoms with Crippen molar-refractivity contribution in [1.29, 1.82) is 0 Å². The summed E-state index contributed by atoms with van der Waals surface area (Å²) in [4.78, 5) is 13.4. The molecule has 0 bridgehead atoms. The van der Waals surface area contributed by atoms with E-state index < -0.39 is 13.0 Å². The van der Waals surface area contributed by atoms with Crippen LogP contribution in [0.25, 0.3) is 0 Å². The first kappa shape index (κ1) is 15.3. The Morgan fingerprint density at radius 1 is 1.44 bits per heavy atom. The number of carbonyl (C=O) groups is 1. The maximum absolute atomic E-state index is 12.5. The van der Waals surface area contributed by atoms with Crippen LogP contribution in [0.4, 0.5) is 8.78 Å². The van der Waals surface area contributed by atoms with Gasteiger partial charge in [0.2, 0.25) is 5.91 Å². The van der Waals surface area contributed by atoms with Crippen LogP contribution in [-0.2, 0) is 4.79 Å². The average Bonchev–Trinajstić information content (AvgIpc) is 2.26. The van der Waals surface area contributed by atoms with Crippen molar-refractivity contribution in [3.63, 3.8) is 0 Å². The molecule has 1 atom stereocenters. The molecule has 0 aromatic rings. The molecule has 0 radical (unpaired) electrons. The summed E-state index contributed by atoms with van der Waals surface area (Å²) in [5.74, 6) is -0.425. The number of hydrogen-bond acceptors (Lipinski definition) is 2. The third-order valence-corrected chi connectivity index (χ3v) is 3.85. The van der Waals surface area contributed by atoms with E-state index in [1.807, 2.05) is 13.8 Å². The summed E-state index contributed by atoms with van der Waals surface area (Å²) in [5, 5.41) is 8.89. The number of nitrogens with zero attached hydrogens (tertiary/aromatic N) is 1. The van der Waals surface area contributed by atoms with Crippen LogP contribution in [-0.4, -0.2) is 42.0 Å². The van der Waals surface area contributed by atoms with E-state index in [9.17, 15) is 13.6 Å². The van der Waals surface area contributed by atoms with Crippen LogP contribution in [0.2, 0.25) is 0 Å². The van der Waals surface area contributed by atoms with Gasteiger partial charge in [0.05, 0.1) is 13.2 Å². The highest BCUT2D eigenvalue weighted by Gasteiger charge is 2.39. The second-order valence-electron chi connectivity index (χ2n) is 5.69. The summed E-state index contributed by atoms with van der Waals surface area (Å²) in [7, 11) is 0. The van der Waals surface area contributed by atoms with Gasteiger partial charge in [0.15, 0.2) is 0 Å². The average molecular weight is 263 g/mol. The molecule has 0 spiro atoms. The van der Waals surface area contributed by atoms with Crippen molar-refractivity contribution in [2.45, 2.75) is 46.0 Å². The smallest absolute Gasteiger partial charge is 0.255 e. The number of carbonyl (C=O) groups excluding carboxylic acids is 1. The van der Waals surface area contributed by atoms with Gasteiger partial charge in [0.25, 0.3) is 6.43 Å². The first-order chi connectivity index (χ1) is 8.38. The molecule has 0 aromatic carbocycles. The van der Waals surface area contributed by atoms with Crippen LogP contribution >= 0.6 is 0 Å². The molecule has 1 unspecified atom stereocenters. The molecule has 1 rings (SSSR count). The molecule has 1 N–H and O–H groups in total. The fourth-order valence-corrected chi connectivity index (χ4v) is 2.75. The van der Waals surface area contributed by atoms with E-state index in [0.29, 0.717) is 0 Å². The van der Waals surface area contributed by atoms with Gasteiger partial charge in [-0.3, -0.25) is 4.79 Å². The lowest BCUT2D eigenvalue weighted by molar-refractivity contribution is -0.143. The van der Waals surface area contributed by atoms with Gasteiger partial charge in [-0.15, -0.1) is 0 Å². The zero-order chi connectivity index (χ0) is 13.8. The number of halogens is 2. The Labute approximate surface area is 107 Å². The Bertz CT molecular complexity index is 282. The number of aliphatic hydroxyl groups excluding tert-OH is 1. The van der Waals surface area contributed by atoms with E-state index in [1.54, 1.807) is 0 Å². The summed E-state index contributed by atoms with van der Waals surface area (Å²) in [6.07, 6.45) is 1.22. The van der Waals surface area contributed by atoms with Gasteiger partial charge in [-0.25, -0.2) is 8.78 Å². The van der Waals surface area contributed by atoms with Crippen molar-refractivity contribution in [3.8, 4) is 0 Å². The SMILES string of the molecule is CC1(C)CCCCC1C(=O)N(CCO)CC(F)F. The standard InChI is InChI=1S/C13H23F2NO2/c1-13(2)6-4-3-5-10(13)12(18)16(7-8-17)9-11(14)15/h10-11,17H,3-9H2,1-2H3. The fraction of sp³-hybridized carbons (Fsp3) is 0.923. The summed E-state index contributed by atoms with van der Waals surface area (Å²) < 4.78 is 24.9. The number of alkyl halides is 2. The minimum Gasteiger partial charge on any atom is -0.395 e. The van der Waals surface area contributed by atoms with E-state index in [0.717, 1.165) is 30.6 Å². The molecule has 0 aliphatic heterocycles. The van der Waals surface area contributed by atoms with E-state index in [2.05, 4.69) is 0 Å². The lowest BCUT2D eigenvalue weighted by Gasteiger charge is -2.40. The molecule has 3 nitrogen and oxygen atoms in total. The molecule has 18 heavy (non-hydrogen) atoms. The van der Waals surface area contributed by atoms with Gasteiger partial charge >= 0.3 is 0 Å². The highest BCUT2D eigenvalue weighted by Crippen LogP contribution is 2.41. The minimum absolute atomic E-state index is 0.00421. The first-order valence-electron chi connectivity index (χ1n) is 6.56. The molecule has 0 aromatic heterocycles. The van der Waals surface area contributed by atoms with Crippen molar-refractivity contribution >= 4 is 5.91 Å². The zero-order valence-corrected chi connectivity index (χ0v) is 11.2. The van der Waals surface area contributed by atoms with Gasteiger partial charge < -0.3 is 10.0 Å². The number of aliphatic hydroxyl groups is 1. The summed E-state index contributed by atoms with van der Waals surface area (Å²) in [6.45, 7) is 3.19. The zero-order valence-electron chi connectivity index (χ0n) is 11.2. The normalized spacial score (nSPS) is 23.1. The molecule has 1 amide bonds. The summed E-state index contributed by atoms with van der Waals surface area (Å²) >= 11 is 0. The Morgan fingerprint density at radius 2 is 2.11 bits per heavy atom. The van der Waals surface area contributed by atoms with E-state index in [4.69, 9.17) is 5.11 Å². The Morgan fingerprint density at radius 3 is 2.61 bits per heavy atom. The molecule has 1 aliphatic carbocycles. The first-order valence-corrected chi connectivity index (χ1v) is 6.56. The third-order valence-electron chi connectivity index (χ3n) is 3.85. The largest absolute Gasteiger partial charge is 0.395 e. The molecule has 106 valence electrons. The molecule has 1 saturated carbocycles. The molecule has 5 heteroatoms. The molecular weight excluding hydrogens is 240 g/mol. The highest BCUT2D eigenvalue weighted by atomic mass is 19.3. The summed E-state index contributed by atoms with van der Waals surface area (Å²) in [6, 6.07) is 0. The van der Waals surface area contributed by atoms with Crippen LogP contribution in [0.5, 0.6) is 0 Å². The van der Waals surface area contributed by atoms with Crippen molar-refractivity contribution in [3.05, 3.63) is 0 Å². The van der Waals surface area contributed by atoms with Gasteiger partial charge in [0.1, 0.15) is 0 Å². The Hall–Kier alpha value is -0.710. The molecule has 1 fully saturated rings. The van der Waals surface area contributed by atoms with Crippen LogP contribution in [0.1, 0.15) is 39.5 Å². The van der Waals surface area contributed by atoms with Gasteiger partial charge in [-0.2, -0.15) is 0 Å². The Balaban J connectivity index is 2.74. The van der Waals surface area contributed by atoms with E-state index in [-0.39, 0.29) is 30.4 Å². The Kier molecular flexibility index (Phi) is 5.50. The van der Waals surface area contributed by atoms with Crippen LogP contribution < -0.4 is 0 Å². The van der Waals surface area contributed by atoms with Crippen LogP contribution in [0, 0.1) is 11.3 Å². The van der Waals surface area contributed by atoms with Crippen molar-refractivity contribution in [2.24, 2.45) is 11.3 Å². The topological polar surface area (TPSA) is 40.5 Å². The van der Waals surface area contributed by atoms with Crippen LogP contribution in [0.15, 0.2) is 0 Å². The second kappa shape index (κ2) is 6.45. The maximum atomic E-state index is 12.5. The minimum atomic E-state index is -2.55. The van der Waals surface area contributed by atoms with Crippen molar-refractivity contribution in [2.75, 3.05) is 19.7 Å². The molecular formula is C13H23F2NO2. The maximum Gasteiger partial charge on any atom is 0.255 e. The van der Waals surface area contributed by atoms with E-state index >= 15 is 0 Å². The number of rotatable bonds is 5. The lowest BCUT2D eigenvalue weighted by atomic mass is 9.68.